The second-order valence-corrected chi connectivity index (χ2v) is 4.12. The lowest BCUT2D eigenvalue weighted by atomic mass is 10.0. The first kappa shape index (κ1) is 14.3. The Morgan fingerprint density at radius 2 is 2.00 bits per heavy atom. The van der Waals surface area contributed by atoms with Crippen LogP contribution in [0, 0.1) is 0 Å². The molecule has 0 saturated carbocycles. The number of benzene rings is 1. The van der Waals surface area contributed by atoms with Gasteiger partial charge in [-0.2, -0.15) is 13.2 Å². The average molecular weight is 314 g/mol. The summed E-state index contributed by atoms with van der Waals surface area (Å²) in [7, 11) is 1.31. The summed E-state index contributed by atoms with van der Waals surface area (Å²) in [6, 6.07) is 2.32. The molecule has 0 aromatic heterocycles. The molecule has 0 aliphatic rings. The standard InChI is InChI=1S/C10H11BrF3NO2/c1-16-9-5-7(10(12,13)14)6(2-3-17-15)4-8(9)11/h4-5H,2-3,15H2,1H3. The van der Waals surface area contributed by atoms with Crippen molar-refractivity contribution in [1.29, 1.82) is 0 Å². The summed E-state index contributed by atoms with van der Waals surface area (Å²) in [5.74, 6) is 4.95. The molecule has 1 aromatic rings. The number of methoxy groups -OCH3 is 1. The van der Waals surface area contributed by atoms with E-state index in [2.05, 4.69) is 20.8 Å². The van der Waals surface area contributed by atoms with Crippen molar-refractivity contribution in [2.24, 2.45) is 5.90 Å². The molecular weight excluding hydrogens is 303 g/mol. The third-order valence-corrected chi connectivity index (χ3v) is 2.79. The first-order chi connectivity index (χ1) is 7.90. The molecule has 0 unspecified atom stereocenters. The summed E-state index contributed by atoms with van der Waals surface area (Å²) < 4.78 is 43.6. The molecule has 3 nitrogen and oxygen atoms in total. The van der Waals surface area contributed by atoms with E-state index in [1.165, 1.54) is 13.2 Å². The van der Waals surface area contributed by atoms with Crippen LogP contribution in [0.3, 0.4) is 0 Å². The minimum absolute atomic E-state index is 0.0157. The fraction of sp³-hybridized carbons (Fsp3) is 0.400. The number of hydrogen-bond acceptors (Lipinski definition) is 3. The van der Waals surface area contributed by atoms with Crippen molar-refractivity contribution in [3.8, 4) is 5.75 Å². The minimum Gasteiger partial charge on any atom is -0.496 e. The van der Waals surface area contributed by atoms with Gasteiger partial charge in [0.2, 0.25) is 0 Å². The Bertz CT molecular complexity index is 396. The van der Waals surface area contributed by atoms with Crippen LogP contribution in [0.15, 0.2) is 16.6 Å². The van der Waals surface area contributed by atoms with Gasteiger partial charge < -0.3 is 9.57 Å². The normalized spacial score (nSPS) is 11.6. The van der Waals surface area contributed by atoms with Gasteiger partial charge in [0.25, 0.3) is 0 Å². The monoisotopic (exact) mass is 313 g/mol. The molecule has 0 aliphatic carbocycles. The maximum absolute atomic E-state index is 12.8. The van der Waals surface area contributed by atoms with Gasteiger partial charge in [0, 0.05) is 0 Å². The van der Waals surface area contributed by atoms with Gasteiger partial charge in [-0.15, -0.1) is 0 Å². The topological polar surface area (TPSA) is 44.5 Å². The van der Waals surface area contributed by atoms with Crippen molar-refractivity contribution in [2.45, 2.75) is 12.6 Å². The third kappa shape index (κ3) is 3.58. The van der Waals surface area contributed by atoms with Crippen LogP contribution in [0.2, 0.25) is 0 Å². The highest BCUT2D eigenvalue weighted by Crippen LogP contribution is 2.38. The van der Waals surface area contributed by atoms with Gasteiger partial charge in [-0.05, 0) is 40.0 Å². The Balaban J connectivity index is 3.21. The lowest BCUT2D eigenvalue weighted by Crippen LogP contribution is -2.12. The number of ether oxygens (including phenoxy) is 1. The van der Waals surface area contributed by atoms with Gasteiger partial charge in [0.05, 0.1) is 23.8 Å². The lowest BCUT2D eigenvalue weighted by Gasteiger charge is -2.15. The summed E-state index contributed by atoms with van der Waals surface area (Å²) >= 11 is 3.14. The largest absolute Gasteiger partial charge is 0.496 e. The molecule has 0 radical (unpaired) electrons. The quantitative estimate of drug-likeness (QED) is 0.869. The molecule has 0 amide bonds. The Morgan fingerprint density at radius 3 is 2.47 bits per heavy atom. The predicted molar refractivity (Wildman–Crippen MR) is 59.5 cm³/mol. The molecule has 0 heterocycles. The van der Waals surface area contributed by atoms with E-state index in [9.17, 15) is 13.2 Å². The zero-order chi connectivity index (χ0) is 13.1. The van der Waals surface area contributed by atoms with Crippen LogP contribution in [0.5, 0.6) is 5.75 Å². The highest BCUT2D eigenvalue weighted by Gasteiger charge is 2.34. The third-order valence-electron chi connectivity index (χ3n) is 2.17. The minimum atomic E-state index is -4.43. The van der Waals surface area contributed by atoms with Crippen LogP contribution in [-0.2, 0) is 17.4 Å². The number of alkyl halides is 3. The zero-order valence-electron chi connectivity index (χ0n) is 8.97. The number of nitrogens with two attached hydrogens (primary N) is 1. The van der Waals surface area contributed by atoms with Gasteiger partial charge in [0.1, 0.15) is 5.75 Å². The first-order valence-electron chi connectivity index (χ1n) is 4.65. The number of hydrogen-bond donors (Lipinski definition) is 1. The Morgan fingerprint density at radius 1 is 1.35 bits per heavy atom. The SMILES string of the molecule is COc1cc(C(F)(F)F)c(CCON)cc1Br. The predicted octanol–water partition coefficient (Wildman–Crippen LogP) is 2.91. The van der Waals surface area contributed by atoms with E-state index in [1.807, 2.05) is 0 Å². The van der Waals surface area contributed by atoms with Crippen LogP contribution in [-0.4, -0.2) is 13.7 Å². The fourth-order valence-corrected chi connectivity index (χ4v) is 1.94. The van der Waals surface area contributed by atoms with E-state index in [1.54, 1.807) is 0 Å². The fourth-order valence-electron chi connectivity index (χ4n) is 1.39. The Hall–Kier alpha value is -0.790. The van der Waals surface area contributed by atoms with Crippen molar-refractivity contribution < 1.29 is 22.7 Å². The smallest absolute Gasteiger partial charge is 0.416 e. The average Bonchev–Trinajstić information content (AvgIpc) is 2.24. The second kappa shape index (κ2) is 5.70. The summed E-state index contributed by atoms with van der Waals surface area (Å²) in [4.78, 5) is 4.30. The molecule has 0 spiro atoms. The molecular formula is C10H11BrF3NO2. The second-order valence-electron chi connectivity index (χ2n) is 3.26. The van der Waals surface area contributed by atoms with Crippen molar-refractivity contribution in [2.75, 3.05) is 13.7 Å². The van der Waals surface area contributed by atoms with E-state index in [0.29, 0.717) is 4.47 Å². The molecule has 0 atom stereocenters. The van der Waals surface area contributed by atoms with Crippen molar-refractivity contribution in [3.63, 3.8) is 0 Å². The van der Waals surface area contributed by atoms with E-state index < -0.39 is 11.7 Å². The van der Waals surface area contributed by atoms with E-state index in [0.717, 1.165) is 6.07 Å². The number of rotatable bonds is 4. The van der Waals surface area contributed by atoms with Crippen molar-refractivity contribution in [3.05, 3.63) is 27.7 Å². The van der Waals surface area contributed by atoms with Crippen LogP contribution in [0.1, 0.15) is 11.1 Å². The van der Waals surface area contributed by atoms with Gasteiger partial charge in [-0.25, -0.2) is 5.90 Å². The summed E-state index contributed by atoms with van der Waals surface area (Å²) in [6.07, 6.45) is -4.36. The zero-order valence-corrected chi connectivity index (χ0v) is 10.6. The molecule has 0 fully saturated rings. The summed E-state index contributed by atoms with van der Waals surface area (Å²) in [5.41, 5.74) is -0.634. The van der Waals surface area contributed by atoms with Crippen molar-refractivity contribution in [1.82, 2.24) is 0 Å². The highest BCUT2D eigenvalue weighted by molar-refractivity contribution is 9.10. The summed E-state index contributed by atoms with van der Waals surface area (Å²) in [6.45, 7) is 0.0157. The van der Waals surface area contributed by atoms with Crippen LogP contribution < -0.4 is 10.6 Å². The van der Waals surface area contributed by atoms with Gasteiger partial charge in [0.15, 0.2) is 0 Å². The van der Waals surface area contributed by atoms with Crippen LogP contribution >= 0.6 is 15.9 Å². The molecule has 2 N–H and O–H groups in total. The highest BCUT2D eigenvalue weighted by atomic mass is 79.9. The summed E-state index contributed by atoms with van der Waals surface area (Å²) in [5, 5.41) is 0. The Kier molecular flexibility index (Phi) is 4.79. The van der Waals surface area contributed by atoms with Crippen LogP contribution in [0.25, 0.3) is 0 Å². The molecule has 0 aliphatic heterocycles. The Labute approximate surface area is 105 Å². The first-order valence-corrected chi connectivity index (χ1v) is 5.44. The molecule has 0 saturated heterocycles. The van der Waals surface area contributed by atoms with Gasteiger partial charge in [-0.1, -0.05) is 0 Å². The molecule has 96 valence electrons. The maximum atomic E-state index is 12.8. The molecule has 0 bridgehead atoms. The van der Waals surface area contributed by atoms with Gasteiger partial charge in [-0.3, -0.25) is 0 Å². The molecule has 17 heavy (non-hydrogen) atoms. The number of halogens is 4. The van der Waals surface area contributed by atoms with E-state index in [-0.39, 0.29) is 24.3 Å². The molecule has 1 aromatic carbocycles. The molecule has 7 heteroatoms. The lowest BCUT2D eigenvalue weighted by molar-refractivity contribution is -0.138. The van der Waals surface area contributed by atoms with Crippen molar-refractivity contribution >= 4 is 15.9 Å². The van der Waals surface area contributed by atoms with E-state index >= 15 is 0 Å². The van der Waals surface area contributed by atoms with Crippen LogP contribution in [0.4, 0.5) is 13.2 Å². The van der Waals surface area contributed by atoms with Gasteiger partial charge >= 0.3 is 6.18 Å². The molecule has 1 rings (SSSR count). The van der Waals surface area contributed by atoms with E-state index in [4.69, 9.17) is 10.6 Å². The maximum Gasteiger partial charge on any atom is 0.416 e.